The number of nitrogens with zero attached hydrogens (tertiary/aromatic N) is 2. The molecule has 2 aromatic rings. The van der Waals surface area contributed by atoms with Crippen molar-refractivity contribution in [3.8, 4) is 0 Å². The highest BCUT2D eigenvalue weighted by Gasteiger charge is 2.38. The van der Waals surface area contributed by atoms with Crippen LogP contribution >= 0.6 is 15.9 Å². The molecule has 0 radical (unpaired) electrons. The van der Waals surface area contributed by atoms with Gasteiger partial charge in [-0.25, -0.2) is 0 Å². The topological polar surface area (TPSA) is 57.7 Å². The van der Waals surface area contributed by atoms with Gasteiger partial charge in [-0.15, -0.1) is 0 Å². The van der Waals surface area contributed by atoms with Crippen molar-refractivity contribution in [2.24, 2.45) is 0 Å². The molecule has 1 atom stereocenters. The van der Waals surface area contributed by atoms with Gasteiger partial charge in [0.15, 0.2) is 0 Å². The van der Waals surface area contributed by atoms with E-state index >= 15 is 0 Å². The average molecular weight is 427 g/mol. The molecular weight excluding hydrogens is 408 g/mol. The summed E-state index contributed by atoms with van der Waals surface area (Å²) in [6, 6.07) is 10.8. The summed E-state index contributed by atoms with van der Waals surface area (Å²) in [6.07, 6.45) is 1.38. The molecule has 0 aliphatic carbocycles. The molecule has 0 bridgehead atoms. The molecule has 0 spiro atoms. The van der Waals surface area contributed by atoms with Crippen molar-refractivity contribution in [2.45, 2.75) is 32.7 Å². The Kier molecular flexibility index (Phi) is 4.38. The van der Waals surface area contributed by atoms with Gasteiger partial charge in [-0.2, -0.15) is 0 Å². The van der Waals surface area contributed by atoms with E-state index in [0.29, 0.717) is 24.1 Å². The molecule has 2 aliphatic rings. The maximum absolute atomic E-state index is 12.7. The zero-order valence-corrected chi connectivity index (χ0v) is 16.7. The monoisotopic (exact) mass is 426 g/mol. The van der Waals surface area contributed by atoms with Gasteiger partial charge in [-0.05, 0) is 65.0 Å². The molecule has 1 unspecified atom stereocenters. The van der Waals surface area contributed by atoms with E-state index in [9.17, 15) is 14.4 Å². The van der Waals surface area contributed by atoms with Crippen LogP contribution in [0.3, 0.4) is 0 Å². The molecular formula is C21H19BrN2O3. The first-order valence-corrected chi connectivity index (χ1v) is 9.74. The molecule has 27 heavy (non-hydrogen) atoms. The Balaban J connectivity index is 1.59. The molecule has 5 nitrogen and oxygen atoms in total. The molecule has 0 saturated heterocycles. The van der Waals surface area contributed by atoms with Crippen molar-refractivity contribution in [2.75, 3.05) is 11.4 Å². The van der Waals surface area contributed by atoms with Gasteiger partial charge in [0.05, 0.1) is 16.8 Å². The van der Waals surface area contributed by atoms with Crippen LogP contribution in [0, 0.1) is 0 Å². The third-order valence-electron chi connectivity index (χ3n) is 5.25. The number of hydrogen-bond acceptors (Lipinski definition) is 3. The van der Waals surface area contributed by atoms with E-state index in [1.54, 1.807) is 36.1 Å². The minimum atomic E-state index is -0.257. The first-order chi connectivity index (χ1) is 12.9. The number of benzene rings is 2. The van der Waals surface area contributed by atoms with Gasteiger partial charge in [0.2, 0.25) is 5.91 Å². The molecule has 0 fully saturated rings. The van der Waals surface area contributed by atoms with Crippen LogP contribution in [-0.4, -0.2) is 35.2 Å². The number of anilines is 1. The highest BCUT2D eigenvalue weighted by molar-refractivity contribution is 9.10. The molecule has 0 saturated carbocycles. The van der Waals surface area contributed by atoms with Gasteiger partial charge in [-0.1, -0.05) is 18.2 Å². The fraction of sp³-hybridized carbons (Fsp3) is 0.286. The van der Waals surface area contributed by atoms with Crippen molar-refractivity contribution in [3.05, 3.63) is 63.1 Å². The zero-order chi connectivity index (χ0) is 19.3. The summed E-state index contributed by atoms with van der Waals surface area (Å²) in [5.74, 6) is -0.432. The van der Waals surface area contributed by atoms with E-state index in [0.717, 1.165) is 27.7 Å². The summed E-state index contributed by atoms with van der Waals surface area (Å²) in [6.45, 7) is 4.14. The van der Waals surface area contributed by atoms with Crippen LogP contribution in [0.4, 0.5) is 5.69 Å². The lowest BCUT2D eigenvalue weighted by Gasteiger charge is -2.23. The number of rotatable bonds is 3. The number of hydrogen-bond donors (Lipinski definition) is 0. The lowest BCUT2D eigenvalue weighted by Crippen LogP contribution is -2.39. The molecule has 0 N–H and O–H groups in total. The molecule has 0 aromatic heterocycles. The quantitative estimate of drug-likeness (QED) is 0.704. The fourth-order valence-corrected chi connectivity index (χ4v) is 4.79. The van der Waals surface area contributed by atoms with Gasteiger partial charge in [0.25, 0.3) is 11.8 Å². The number of amides is 3. The molecule has 2 aromatic carbocycles. The SMILES string of the molecule is CC(=O)N1CCc2cc(CC(C)N3C(=O)c4ccccc4C3=O)cc(Br)c21. The van der Waals surface area contributed by atoms with Gasteiger partial charge >= 0.3 is 0 Å². The Morgan fingerprint density at radius 3 is 2.37 bits per heavy atom. The second kappa shape index (κ2) is 6.60. The van der Waals surface area contributed by atoms with Gasteiger partial charge in [0, 0.05) is 24.0 Å². The Hall–Kier alpha value is -2.47. The van der Waals surface area contributed by atoms with E-state index in [1.165, 1.54) is 4.90 Å². The smallest absolute Gasteiger partial charge is 0.261 e. The Labute approximate surface area is 166 Å². The van der Waals surface area contributed by atoms with E-state index in [2.05, 4.69) is 22.0 Å². The van der Waals surface area contributed by atoms with Crippen LogP contribution < -0.4 is 4.90 Å². The molecule has 4 rings (SSSR count). The Bertz CT molecular complexity index is 950. The minimum Gasteiger partial charge on any atom is -0.311 e. The summed E-state index contributed by atoms with van der Waals surface area (Å²) in [7, 11) is 0. The number of halogens is 1. The highest BCUT2D eigenvalue weighted by Crippen LogP contribution is 2.37. The number of carbonyl (C=O) groups is 3. The number of carbonyl (C=O) groups excluding carboxylic acids is 3. The van der Waals surface area contributed by atoms with E-state index in [-0.39, 0.29) is 23.8 Å². The van der Waals surface area contributed by atoms with Crippen LogP contribution in [0.1, 0.15) is 45.7 Å². The van der Waals surface area contributed by atoms with E-state index in [1.807, 2.05) is 13.0 Å². The maximum Gasteiger partial charge on any atom is 0.261 e. The number of fused-ring (bicyclic) bond motifs is 2. The minimum absolute atomic E-state index is 0.0293. The zero-order valence-electron chi connectivity index (χ0n) is 15.2. The number of imide groups is 1. The average Bonchev–Trinajstić information content (AvgIpc) is 3.16. The van der Waals surface area contributed by atoms with Crippen molar-refractivity contribution >= 4 is 39.3 Å². The normalized spacial score (nSPS) is 16.6. The highest BCUT2D eigenvalue weighted by atomic mass is 79.9. The van der Waals surface area contributed by atoms with Crippen molar-refractivity contribution in [1.29, 1.82) is 0 Å². The van der Waals surface area contributed by atoms with Gasteiger partial charge in [0.1, 0.15) is 0 Å². The van der Waals surface area contributed by atoms with Gasteiger partial charge in [-0.3, -0.25) is 19.3 Å². The molecule has 138 valence electrons. The lowest BCUT2D eigenvalue weighted by atomic mass is 10.0. The summed E-state index contributed by atoms with van der Waals surface area (Å²) in [4.78, 5) is 40.3. The van der Waals surface area contributed by atoms with Gasteiger partial charge < -0.3 is 4.90 Å². The van der Waals surface area contributed by atoms with Crippen LogP contribution in [0.2, 0.25) is 0 Å². The summed E-state index contributed by atoms with van der Waals surface area (Å²) in [5, 5.41) is 0. The maximum atomic E-state index is 12.7. The van der Waals surface area contributed by atoms with Crippen LogP contribution in [0.25, 0.3) is 0 Å². The third-order valence-corrected chi connectivity index (χ3v) is 5.86. The van der Waals surface area contributed by atoms with E-state index < -0.39 is 0 Å². The Morgan fingerprint density at radius 2 is 1.78 bits per heavy atom. The predicted octanol–water partition coefficient (Wildman–Crippen LogP) is 3.59. The first kappa shape index (κ1) is 17.9. The molecule has 6 heteroatoms. The molecule has 2 heterocycles. The molecule has 3 amide bonds. The Morgan fingerprint density at radius 1 is 1.15 bits per heavy atom. The molecule has 2 aliphatic heterocycles. The second-order valence-electron chi connectivity index (χ2n) is 7.09. The van der Waals surface area contributed by atoms with Crippen molar-refractivity contribution in [3.63, 3.8) is 0 Å². The lowest BCUT2D eigenvalue weighted by molar-refractivity contribution is -0.116. The van der Waals surface area contributed by atoms with Crippen LogP contribution in [0.15, 0.2) is 40.9 Å². The standard InChI is InChI=1S/C21H19BrN2O3/c1-12(24-20(26)16-5-3-4-6-17(16)21(24)27)9-14-10-15-7-8-23(13(2)25)19(15)18(22)11-14/h3-6,10-12H,7-9H2,1-2H3. The van der Waals surface area contributed by atoms with Crippen molar-refractivity contribution < 1.29 is 14.4 Å². The van der Waals surface area contributed by atoms with Crippen LogP contribution in [0.5, 0.6) is 0 Å². The summed E-state index contributed by atoms with van der Waals surface area (Å²) >= 11 is 3.59. The van der Waals surface area contributed by atoms with E-state index in [4.69, 9.17) is 0 Å². The summed E-state index contributed by atoms with van der Waals surface area (Å²) < 4.78 is 0.872. The van der Waals surface area contributed by atoms with Crippen LogP contribution in [-0.2, 0) is 17.6 Å². The fourth-order valence-electron chi connectivity index (χ4n) is 4.03. The largest absolute Gasteiger partial charge is 0.311 e. The summed E-state index contributed by atoms with van der Waals surface area (Å²) in [5.41, 5.74) is 4.03. The predicted molar refractivity (Wildman–Crippen MR) is 106 cm³/mol. The van der Waals surface area contributed by atoms with Crippen molar-refractivity contribution in [1.82, 2.24) is 4.90 Å². The second-order valence-corrected chi connectivity index (χ2v) is 7.94. The first-order valence-electron chi connectivity index (χ1n) is 8.94. The third kappa shape index (κ3) is 2.88.